The van der Waals surface area contributed by atoms with Crippen molar-refractivity contribution in [3.63, 3.8) is 0 Å². The number of carbonyl (C=O) groups is 1. The molecule has 0 bridgehead atoms. The summed E-state index contributed by atoms with van der Waals surface area (Å²) in [5, 5.41) is 3.06. The molecule has 1 amide bonds. The zero-order valence-electron chi connectivity index (χ0n) is 13.0. The van der Waals surface area contributed by atoms with Crippen molar-refractivity contribution < 1.29 is 4.79 Å². The van der Waals surface area contributed by atoms with E-state index in [9.17, 15) is 4.79 Å². The average molecular weight is 276 g/mol. The molecule has 1 aromatic rings. The van der Waals surface area contributed by atoms with Crippen LogP contribution >= 0.6 is 0 Å². The molecular weight excluding hydrogens is 248 g/mol. The van der Waals surface area contributed by atoms with Crippen molar-refractivity contribution in [1.82, 2.24) is 5.32 Å². The normalized spacial score (nSPS) is 13.0. The van der Waals surface area contributed by atoms with Gasteiger partial charge >= 0.3 is 0 Å². The number of nitrogens with one attached hydrogen (secondary N) is 1. The first-order valence-corrected chi connectivity index (χ1v) is 7.64. The largest absolute Gasteiger partial charge is 0.355 e. The van der Waals surface area contributed by atoms with E-state index in [1.54, 1.807) is 0 Å². The summed E-state index contributed by atoms with van der Waals surface area (Å²) in [6.07, 6.45) is 3.61. The van der Waals surface area contributed by atoms with Gasteiger partial charge in [-0.05, 0) is 30.2 Å². The Kier molecular flexibility index (Phi) is 6.73. The molecule has 1 unspecified atom stereocenters. The molecule has 0 heterocycles. The molecular formula is C17H28N2O. The molecule has 0 aliphatic carbocycles. The second kappa shape index (κ2) is 8.05. The first kappa shape index (κ1) is 16.7. The van der Waals surface area contributed by atoms with Gasteiger partial charge in [-0.25, -0.2) is 0 Å². The third-order valence-electron chi connectivity index (χ3n) is 4.54. The molecule has 112 valence electrons. The lowest BCUT2D eigenvalue weighted by Gasteiger charge is -2.30. The molecule has 0 saturated heterocycles. The van der Waals surface area contributed by atoms with Gasteiger partial charge < -0.3 is 11.1 Å². The number of carbonyl (C=O) groups excluding carboxylic acids is 1. The Morgan fingerprint density at radius 2 is 1.70 bits per heavy atom. The number of hydrogen-bond acceptors (Lipinski definition) is 2. The molecule has 0 fully saturated rings. The Labute approximate surface area is 122 Å². The van der Waals surface area contributed by atoms with Crippen LogP contribution in [-0.4, -0.2) is 12.5 Å². The summed E-state index contributed by atoms with van der Waals surface area (Å²) in [5.41, 5.74) is 7.31. The number of amides is 1. The Morgan fingerprint density at radius 1 is 1.15 bits per heavy atom. The smallest absolute Gasteiger partial charge is 0.221 e. The van der Waals surface area contributed by atoms with Crippen molar-refractivity contribution in [3.8, 4) is 0 Å². The van der Waals surface area contributed by atoms with Crippen molar-refractivity contribution in [2.24, 2.45) is 11.1 Å². The van der Waals surface area contributed by atoms with Gasteiger partial charge in [0.25, 0.3) is 0 Å². The van der Waals surface area contributed by atoms with E-state index in [1.165, 1.54) is 0 Å². The lowest BCUT2D eigenvalue weighted by Crippen LogP contribution is -2.37. The third-order valence-corrected chi connectivity index (χ3v) is 4.54. The molecule has 3 N–H and O–H groups in total. The highest BCUT2D eigenvalue weighted by Crippen LogP contribution is 2.29. The molecule has 1 atom stereocenters. The minimum atomic E-state index is -0.226. The lowest BCUT2D eigenvalue weighted by molar-refractivity contribution is -0.122. The Hall–Kier alpha value is -1.35. The SMILES string of the molecule is CCC(CC)(CC)CNC(=O)CC(N)c1ccccc1. The van der Waals surface area contributed by atoms with Gasteiger partial charge in [0, 0.05) is 19.0 Å². The van der Waals surface area contributed by atoms with E-state index in [4.69, 9.17) is 5.73 Å². The fourth-order valence-electron chi connectivity index (χ4n) is 2.50. The summed E-state index contributed by atoms with van der Waals surface area (Å²) in [7, 11) is 0. The standard InChI is InChI=1S/C17H28N2O/c1-4-17(5-2,6-3)13-19-16(20)12-15(18)14-10-8-7-9-11-14/h7-11,15H,4-6,12-13,18H2,1-3H3,(H,19,20). The van der Waals surface area contributed by atoms with Crippen LogP contribution < -0.4 is 11.1 Å². The van der Waals surface area contributed by atoms with Crippen LogP contribution in [0.3, 0.4) is 0 Å². The van der Waals surface area contributed by atoms with E-state index in [0.717, 1.165) is 31.4 Å². The van der Waals surface area contributed by atoms with Crippen LogP contribution in [0.2, 0.25) is 0 Å². The topological polar surface area (TPSA) is 55.1 Å². The zero-order valence-corrected chi connectivity index (χ0v) is 13.0. The summed E-state index contributed by atoms with van der Waals surface area (Å²) in [5.74, 6) is 0.0427. The van der Waals surface area contributed by atoms with Crippen LogP contribution in [-0.2, 0) is 4.79 Å². The van der Waals surface area contributed by atoms with E-state index in [2.05, 4.69) is 26.1 Å². The molecule has 3 heteroatoms. The minimum Gasteiger partial charge on any atom is -0.355 e. The minimum absolute atomic E-state index is 0.0427. The van der Waals surface area contributed by atoms with E-state index >= 15 is 0 Å². The highest BCUT2D eigenvalue weighted by atomic mass is 16.1. The van der Waals surface area contributed by atoms with Gasteiger partial charge in [-0.2, -0.15) is 0 Å². The lowest BCUT2D eigenvalue weighted by atomic mass is 9.80. The third kappa shape index (κ3) is 4.64. The van der Waals surface area contributed by atoms with Crippen LogP contribution in [0.4, 0.5) is 0 Å². The van der Waals surface area contributed by atoms with E-state index in [0.29, 0.717) is 6.42 Å². The van der Waals surface area contributed by atoms with Crippen LogP contribution in [0.5, 0.6) is 0 Å². The van der Waals surface area contributed by atoms with E-state index in [1.807, 2.05) is 30.3 Å². The maximum absolute atomic E-state index is 12.0. The van der Waals surface area contributed by atoms with Gasteiger partial charge in [0.1, 0.15) is 0 Å². The Bertz CT molecular complexity index is 390. The van der Waals surface area contributed by atoms with Crippen molar-refractivity contribution in [3.05, 3.63) is 35.9 Å². The Morgan fingerprint density at radius 3 is 2.20 bits per heavy atom. The molecule has 0 aromatic heterocycles. The number of rotatable bonds is 8. The molecule has 0 aliphatic rings. The van der Waals surface area contributed by atoms with Crippen LogP contribution in [0.25, 0.3) is 0 Å². The van der Waals surface area contributed by atoms with Crippen LogP contribution in [0.15, 0.2) is 30.3 Å². The monoisotopic (exact) mass is 276 g/mol. The van der Waals surface area contributed by atoms with Gasteiger partial charge in [0.2, 0.25) is 5.91 Å². The molecule has 20 heavy (non-hydrogen) atoms. The second-order valence-electron chi connectivity index (χ2n) is 5.56. The van der Waals surface area contributed by atoms with E-state index < -0.39 is 0 Å². The fraction of sp³-hybridized carbons (Fsp3) is 0.588. The highest BCUT2D eigenvalue weighted by molar-refractivity contribution is 5.76. The number of hydrogen-bond donors (Lipinski definition) is 2. The summed E-state index contributed by atoms with van der Waals surface area (Å²) < 4.78 is 0. The predicted octanol–water partition coefficient (Wildman–Crippen LogP) is 3.41. The first-order chi connectivity index (χ1) is 9.56. The van der Waals surface area contributed by atoms with Crippen molar-refractivity contribution in [1.29, 1.82) is 0 Å². The number of nitrogens with two attached hydrogens (primary N) is 1. The van der Waals surface area contributed by atoms with E-state index in [-0.39, 0.29) is 17.4 Å². The van der Waals surface area contributed by atoms with Crippen molar-refractivity contribution >= 4 is 5.91 Å². The quantitative estimate of drug-likeness (QED) is 0.764. The van der Waals surface area contributed by atoms with Crippen LogP contribution in [0.1, 0.15) is 58.1 Å². The van der Waals surface area contributed by atoms with Gasteiger partial charge in [-0.15, -0.1) is 0 Å². The first-order valence-electron chi connectivity index (χ1n) is 7.64. The summed E-state index contributed by atoms with van der Waals surface area (Å²) in [4.78, 5) is 12.0. The molecule has 0 radical (unpaired) electrons. The molecule has 0 aliphatic heterocycles. The van der Waals surface area contributed by atoms with Gasteiger partial charge in [-0.1, -0.05) is 51.1 Å². The van der Waals surface area contributed by atoms with Crippen LogP contribution in [0, 0.1) is 5.41 Å². The summed E-state index contributed by atoms with van der Waals surface area (Å²) in [6, 6.07) is 9.55. The zero-order chi connectivity index (χ0) is 15.0. The second-order valence-corrected chi connectivity index (χ2v) is 5.56. The number of benzene rings is 1. The molecule has 1 rings (SSSR count). The summed E-state index contributed by atoms with van der Waals surface area (Å²) in [6.45, 7) is 7.31. The Balaban J connectivity index is 2.48. The maximum atomic E-state index is 12.0. The summed E-state index contributed by atoms with van der Waals surface area (Å²) >= 11 is 0. The maximum Gasteiger partial charge on any atom is 0.221 e. The fourth-order valence-corrected chi connectivity index (χ4v) is 2.50. The molecule has 1 aromatic carbocycles. The van der Waals surface area contributed by atoms with Crippen molar-refractivity contribution in [2.75, 3.05) is 6.54 Å². The van der Waals surface area contributed by atoms with Gasteiger partial charge in [0.05, 0.1) is 0 Å². The average Bonchev–Trinajstić information content (AvgIpc) is 2.50. The van der Waals surface area contributed by atoms with Gasteiger partial charge in [0.15, 0.2) is 0 Å². The van der Waals surface area contributed by atoms with Crippen molar-refractivity contribution in [2.45, 2.75) is 52.5 Å². The predicted molar refractivity (Wildman–Crippen MR) is 84.3 cm³/mol. The highest BCUT2D eigenvalue weighted by Gasteiger charge is 2.24. The molecule has 3 nitrogen and oxygen atoms in total. The molecule has 0 spiro atoms. The van der Waals surface area contributed by atoms with Gasteiger partial charge in [-0.3, -0.25) is 4.79 Å². The molecule has 0 saturated carbocycles.